The highest BCUT2D eigenvalue weighted by atomic mass is 16.5. The SMILES string of the molecule is O=C(Nc1ccc(C2CCN(C(=O)O)CC2)cc1)OCc1ccccc1. The smallest absolute Gasteiger partial charge is 0.411 e. The van der Waals surface area contributed by atoms with Crippen molar-refractivity contribution >= 4 is 17.9 Å². The first-order valence-electron chi connectivity index (χ1n) is 8.67. The molecule has 136 valence electrons. The number of benzene rings is 2. The fourth-order valence-electron chi connectivity index (χ4n) is 3.12. The van der Waals surface area contributed by atoms with Gasteiger partial charge in [-0.1, -0.05) is 42.5 Å². The number of rotatable bonds is 4. The Morgan fingerprint density at radius 2 is 1.69 bits per heavy atom. The van der Waals surface area contributed by atoms with Crippen LogP contribution >= 0.6 is 0 Å². The van der Waals surface area contributed by atoms with Crippen LogP contribution in [0, 0.1) is 0 Å². The van der Waals surface area contributed by atoms with E-state index < -0.39 is 12.2 Å². The highest BCUT2D eigenvalue weighted by Gasteiger charge is 2.23. The summed E-state index contributed by atoms with van der Waals surface area (Å²) < 4.78 is 5.20. The lowest BCUT2D eigenvalue weighted by atomic mass is 9.89. The molecule has 1 fully saturated rings. The van der Waals surface area contributed by atoms with Crippen LogP contribution in [-0.2, 0) is 11.3 Å². The fraction of sp³-hybridized carbons (Fsp3) is 0.300. The van der Waals surface area contributed by atoms with Gasteiger partial charge in [0, 0.05) is 18.8 Å². The third kappa shape index (κ3) is 4.75. The molecule has 6 nitrogen and oxygen atoms in total. The van der Waals surface area contributed by atoms with Gasteiger partial charge in [-0.3, -0.25) is 5.32 Å². The molecule has 1 aliphatic rings. The van der Waals surface area contributed by atoms with Crippen molar-refractivity contribution in [1.29, 1.82) is 0 Å². The van der Waals surface area contributed by atoms with Crippen molar-refractivity contribution in [3.05, 3.63) is 65.7 Å². The average molecular weight is 354 g/mol. The van der Waals surface area contributed by atoms with Gasteiger partial charge in [0.25, 0.3) is 0 Å². The topological polar surface area (TPSA) is 78.9 Å². The van der Waals surface area contributed by atoms with Gasteiger partial charge in [-0.15, -0.1) is 0 Å². The minimum Gasteiger partial charge on any atom is -0.465 e. The number of nitrogens with one attached hydrogen (secondary N) is 1. The Hall–Kier alpha value is -3.02. The van der Waals surface area contributed by atoms with Crippen LogP contribution in [0.15, 0.2) is 54.6 Å². The summed E-state index contributed by atoms with van der Waals surface area (Å²) in [5.41, 5.74) is 2.78. The maximum Gasteiger partial charge on any atom is 0.411 e. The molecule has 2 aromatic rings. The lowest BCUT2D eigenvalue weighted by Crippen LogP contribution is -2.36. The van der Waals surface area contributed by atoms with Crippen LogP contribution in [0.25, 0.3) is 0 Å². The number of hydrogen-bond donors (Lipinski definition) is 2. The molecule has 26 heavy (non-hydrogen) atoms. The number of piperidine rings is 1. The summed E-state index contributed by atoms with van der Waals surface area (Å²) in [6, 6.07) is 17.2. The lowest BCUT2D eigenvalue weighted by molar-refractivity contribution is 0.132. The van der Waals surface area contributed by atoms with Crippen molar-refractivity contribution in [3.8, 4) is 0 Å². The molecule has 3 rings (SSSR count). The Balaban J connectivity index is 1.48. The highest BCUT2D eigenvalue weighted by molar-refractivity contribution is 5.84. The Kier molecular flexibility index (Phi) is 5.73. The Labute approximate surface area is 152 Å². The largest absolute Gasteiger partial charge is 0.465 e. The van der Waals surface area contributed by atoms with Crippen LogP contribution < -0.4 is 5.32 Å². The molecule has 2 aromatic carbocycles. The number of carbonyl (C=O) groups excluding carboxylic acids is 1. The van der Waals surface area contributed by atoms with Gasteiger partial charge in [0.2, 0.25) is 0 Å². The van der Waals surface area contributed by atoms with Gasteiger partial charge in [0.15, 0.2) is 0 Å². The normalized spacial score (nSPS) is 14.7. The van der Waals surface area contributed by atoms with Crippen LogP contribution in [0.3, 0.4) is 0 Å². The predicted octanol–water partition coefficient (Wildman–Crippen LogP) is 4.29. The van der Waals surface area contributed by atoms with E-state index in [0.29, 0.717) is 24.7 Å². The van der Waals surface area contributed by atoms with E-state index in [9.17, 15) is 9.59 Å². The van der Waals surface area contributed by atoms with Crippen molar-refractivity contribution in [1.82, 2.24) is 4.90 Å². The molecule has 0 spiro atoms. The molecule has 1 saturated heterocycles. The van der Waals surface area contributed by atoms with Gasteiger partial charge in [0.05, 0.1) is 0 Å². The number of likely N-dealkylation sites (tertiary alicyclic amines) is 1. The number of nitrogens with zero attached hydrogens (tertiary/aromatic N) is 1. The van der Waals surface area contributed by atoms with E-state index in [1.165, 1.54) is 10.5 Å². The van der Waals surface area contributed by atoms with Crippen LogP contribution in [0.1, 0.15) is 29.9 Å². The summed E-state index contributed by atoms with van der Waals surface area (Å²) in [7, 11) is 0. The second kappa shape index (κ2) is 8.38. The summed E-state index contributed by atoms with van der Waals surface area (Å²) in [6.07, 6.45) is 0.296. The molecule has 1 aliphatic heterocycles. The molecule has 0 saturated carbocycles. The molecular formula is C20H22N2O4. The molecule has 0 atom stereocenters. The summed E-state index contributed by atoms with van der Waals surface area (Å²) in [5, 5.41) is 11.7. The van der Waals surface area contributed by atoms with Crippen molar-refractivity contribution in [2.75, 3.05) is 18.4 Å². The van der Waals surface area contributed by atoms with Crippen LogP contribution in [0.2, 0.25) is 0 Å². The van der Waals surface area contributed by atoms with Crippen molar-refractivity contribution in [2.24, 2.45) is 0 Å². The molecule has 6 heteroatoms. The maximum absolute atomic E-state index is 11.9. The molecule has 1 heterocycles. The number of hydrogen-bond acceptors (Lipinski definition) is 3. The van der Waals surface area contributed by atoms with E-state index in [1.54, 1.807) is 0 Å². The van der Waals surface area contributed by atoms with E-state index in [1.807, 2.05) is 54.6 Å². The number of amides is 2. The van der Waals surface area contributed by atoms with Crippen molar-refractivity contribution in [2.45, 2.75) is 25.4 Å². The van der Waals surface area contributed by atoms with Crippen LogP contribution in [0.4, 0.5) is 15.3 Å². The molecule has 2 N–H and O–H groups in total. The number of anilines is 1. The first kappa shape index (κ1) is 17.8. The Morgan fingerprint density at radius 3 is 2.31 bits per heavy atom. The predicted molar refractivity (Wildman–Crippen MR) is 98.3 cm³/mol. The van der Waals surface area contributed by atoms with Gasteiger partial charge in [-0.2, -0.15) is 0 Å². The van der Waals surface area contributed by atoms with E-state index in [2.05, 4.69) is 5.32 Å². The number of carboxylic acid groups (broad SMARTS) is 1. The molecule has 0 radical (unpaired) electrons. The van der Waals surface area contributed by atoms with Gasteiger partial charge in [-0.25, -0.2) is 9.59 Å². The molecule has 0 aliphatic carbocycles. The monoisotopic (exact) mass is 354 g/mol. The number of ether oxygens (including phenoxy) is 1. The minimum atomic E-state index is -0.850. The maximum atomic E-state index is 11.9. The van der Waals surface area contributed by atoms with E-state index in [0.717, 1.165) is 18.4 Å². The highest BCUT2D eigenvalue weighted by Crippen LogP contribution is 2.28. The minimum absolute atomic E-state index is 0.229. The third-order valence-electron chi connectivity index (χ3n) is 4.61. The fourth-order valence-corrected chi connectivity index (χ4v) is 3.12. The second-order valence-corrected chi connectivity index (χ2v) is 6.35. The molecular weight excluding hydrogens is 332 g/mol. The molecule has 0 bridgehead atoms. The molecule has 0 unspecified atom stereocenters. The zero-order valence-electron chi connectivity index (χ0n) is 14.4. The third-order valence-corrected chi connectivity index (χ3v) is 4.61. The van der Waals surface area contributed by atoms with Crippen molar-refractivity contribution < 1.29 is 19.4 Å². The van der Waals surface area contributed by atoms with Gasteiger partial charge in [0.1, 0.15) is 6.61 Å². The second-order valence-electron chi connectivity index (χ2n) is 6.35. The van der Waals surface area contributed by atoms with E-state index in [-0.39, 0.29) is 6.61 Å². The zero-order valence-corrected chi connectivity index (χ0v) is 14.4. The lowest BCUT2D eigenvalue weighted by Gasteiger charge is -2.30. The Bertz CT molecular complexity index is 738. The van der Waals surface area contributed by atoms with Crippen LogP contribution in [-0.4, -0.2) is 35.3 Å². The first-order chi connectivity index (χ1) is 12.6. The summed E-state index contributed by atoms with van der Waals surface area (Å²) in [4.78, 5) is 24.3. The molecule has 0 aromatic heterocycles. The quantitative estimate of drug-likeness (QED) is 0.858. The Morgan fingerprint density at radius 1 is 1.04 bits per heavy atom. The summed E-state index contributed by atoms with van der Waals surface area (Å²) >= 11 is 0. The van der Waals surface area contributed by atoms with E-state index in [4.69, 9.17) is 9.84 Å². The van der Waals surface area contributed by atoms with Gasteiger partial charge >= 0.3 is 12.2 Å². The zero-order chi connectivity index (χ0) is 18.4. The van der Waals surface area contributed by atoms with Gasteiger partial charge < -0.3 is 14.7 Å². The summed E-state index contributed by atoms with van der Waals surface area (Å²) in [5.74, 6) is 0.352. The average Bonchev–Trinajstić information content (AvgIpc) is 2.68. The van der Waals surface area contributed by atoms with E-state index >= 15 is 0 Å². The van der Waals surface area contributed by atoms with Gasteiger partial charge in [-0.05, 0) is 42.0 Å². The summed E-state index contributed by atoms with van der Waals surface area (Å²) in [6.45, 7) is 1.35. The van der Waals surface area contributed by atoms with Crippen molar-refractivity contribution in [3.63, 3.8) is 0 Å². The number of carbonyl (C=O) groups is 2. The first-order valence-corrected chi connectivity index (χ1v) is 8.67. The standard InChI is InChI=1S/C20H22N2O4/c23-19(26-14-15-4-2-1-3-5-15)21-18-8-6-16(7-9-18)17-10-12-22(13-11-17)20(24)25/h1-9,17H,10-14H2,(H,21,23)(H,24,25). The van der Waals surface area contributed by atoms with Crippen LogP contribution in [0.5, 0.6) is 0 Å². The molecule has 2 amide bonds.